The summed E-state index contributed by atoms with van der Waals surface area (Å²) in [7, 11) is 1.53. The molecule has 0 atom stereocenters. The predicted molar refractivity (Wildman–Crippen MR) is 86.5 cm³/mol. The van der Waals surface area contributed by atoms with Crippen molar-refractivity contribution in [3.8, 4) is 0 Å². The van der Waals surface area contributed by atoms with Gasteiger partial charge in [-0.2, -0.15) is 13.2 Å². The summed E-state index contributed by atoms with van der Waals surface area (Å²) in [6, 6.07) is 1.16. The first-order chi connectivity index (χ1) is 11.8. The summed E-state index contributed by atoms with van der Waals surface area (Å²) in [4.78, 5) is 14.5. The molecule has 2 aromatic rings. The van der Waals surface area contributed by atoms with Crippen LogP contribution in [0.25, 0.3) is 0 Å². The van der Waals surface area contributed by atoms with Crippen LogP contribution in [0, 0.1) is 6.92 Å². The van der Waals surface area contributed by atoms with E-state index in [4.69, 9.17) is 16.3 Å². The summed E-state index contributed by atoms with van der Waals surface area (Å²) in [6.45, 7) is 2.87. The molecule has 0 fully saturated rings. The molecule has 0 aliphatic carbocycles. The van der Waals surface area contributed by atoms with Gasteiger partial charge in [0, 0.05) is 44.1 Å². The van der Waals surface area contributed by atoms with E-state index < -0.39 is 11.7 Å². The number of halogens is 4. The second-order valence-corrected chi connectivity index (χ2v) is 6.17. The number of nitrogens with zero attached hydrogens (tertiary/aromatic N) is 4. The van der Waals surface area contributed by atoms with Crippen LogP contribution in [0.5, 0.6) is 0 Å². The van der Waals surface area contributed by atoms with E-state index in [-0.39, 0.29) is 13.2 Å². The predicted octanol–water partition coefficient (Wildman–Crippen LogP) is 3.56. The third-order valence-corrected chi connectivity index (χ3v) is 4.41. The number of rotatable bonds is 3. The number of anilines is 1. The molecule has 0 spiro atoms. The Kier molecular flexibility index (Phi) is 4.83. The van der Waals surface area contributed by atoms with E-state index in [2.05, 4.69) is 15.0 Å². The van der Waals surface area contributed by atoms with Gasteiger partial charge in [-0.05, 0) is 18.6 Å². The first-order valence-electron chi connectivity index (χ1n) is 7.61. The van der Waals surface area contributed by atoms with Crippen molar-refractivity contribution >= 4 is 17.4 Å². The van der Waals surface area contributed by atoms with E-state index in [1.165, 1.54) is 7.11 Å². The molecule has 9 heteroatoms. The quantitative estimate of drug-likeness (QED) is 0.771. The van der Waals surface area contributed by atoms with Gasteiger partial charge in [0.25, 0.3) is 0 Å². The van der Waals surface area contributed by atoms with Crippen molar-refractivity contribution in [3.05, 3.63) is 45.6 Å². The number of aromatic nitrogens is 3. The summed E-state index contributed by atoms with van der Waals surface area (Å²) in [5.41, 5.74) is 1.16. The Balaban J connectivity index is 1.95. The average molecular weight is 373 g/mol. The topological polar surface area (TPSA) is 51.1 Å². The van der Waals surface area contributed by atoms with Crippen LogP contribution in [0.3, 0.4) is 0 Å². The molecule has 5 nitrogen and oxygen atoms in total. The van der Waals surface area contributed by atoms with Crippen molar-refractivity contribution in [3.63, 3.8) is 0 Å². The molecule has 0 bridgehead atoms. The highest BCUT2D eigenvalue weighted by Crippen LogP contribution is 2.33. The largest absolute Gasteiger partial charge is 0.417 e. The number of alkyl halides is 3. The third-order valence-electron chi connectivity index (χ3n) is 4.05. The van der Waals surface area contributed by atoms with E-state index >= 15 is 0 Å². The fourth-order valence-corrected chi connectivity index (χ4v) is 2.97. The van der Waals surface area contributed by atoms with Gasteiger partial charge in [0.2, 0.25) is 0 Å². The molecule has 0 aromatic carbocycles. The summed E-state index contributed by atoms with van der Waals surface area (Å²) < 4.78 is 43.8. The molecule has 0 saturated carbocycles. The van der Waals surface area contributed by atoms with Crippen LogP contribution in [-0.4, -0.2) is 28.6 Å². The van der Waals surface area contributed by atoms with Crippen LogP contribution < -0.4 is 4.90 Å². The number of hydrogen-bond acceptors (Lipinski definition) is 5. The minimum Gasteiger partial charge on any atom is -0.377 e. The van der Waals surface area contributed by atoms with Crippen LogP contribution in [0.4, 0.5) is 19.0 Å². The first kappa shape index (κ1) is 17.9. The molecule has 0 N–H and O–H groups in total. The number of pyridine rings is 1. The smallest absolute Gasteiger partial charge is 0.377 e. The Bertz CT molecular complexity index is 798. The van der Waals surface area contributed by atoms with Crippen molar-refractivity contribution in [2.24, 2.45) is 0 Å². The number of ether oxygens (including phenoxy) is 1. The van der Waals surface area contributed by atoms with Crippen LogP contribution in [-0.2, 0) is 30.5 Å². The minimum atomic E-state index is -4.41. The Labute approximate surface area is 147 Å². The Morgan fingerprint density at radius 1 is 1.32 bits per heavy atom. The summed E-state index contributed by atoms with van der Waals surface area (Å²) in [5, 5.41) is 0.310. The van der Waals surface area contributed by atoms with Gasteiger partial charge in [-0.25, -0.2) is 9.97 Å². The van der Waals surface area contributed by atoms with Gasteiger partial charge in [0.1, 0.15) is 17.6 Å². The molecule has 1 aliphatic rings. The molecule has 0 radical (unpaired) electrons. The van der Waals surface area contributed by atoms with Crippen LogP contribution >= 0.6 is 11.6 Å². The molecule has 25 heavy (non-hydrogen) atoms. The third kappa shape index (κ3) is 3.69. The van der Waals surface area contributed by atoms with Crippen LogP contribution in [0.15, 0.2) is 12.3 Å². The maximum atomic E-state index is 12.9. The van der Waals surface area contributed by atoms with Crippen LogP contribution in [0.1, 0.15) is 28.2 Å². The van der Waals surface area contributed by atoms with E-state index in [9.17, 15) is 13.2 Å². The standard InChI is InChI=1S/C16H16ClF3N4O/c1-9-14(17)22-13(8-25-2)23-15(9)24-4-3-12-10(7-24)5-11(6-21-12)16(18,19)20/h5-6H,3-4,7-8H2,1-2H3. The second-order valence-electron chi connectivity index (χ2n) is 5.81. The van der Waals surface area contributed by atoms with Crippen molar-refractivity contribution < 1.29 is 17.9 Å². The summed E-state index contributed by atoms with van der Waals surface area (Å²) >= 11 is 6.16. The molecule has 0 amide bonds. The number of hydrogen-bond donors (Lipinski definition) is 0. The minimum absolute atomic E-state index is 0.206. The molecular formula is C16H16ClF3N4O. The molecule has 3 heterocycles. The van der Waals surface area contributed by atoms with Crippen molar-refractivity contribution in [2.45, 2.75) is 32.7 Å². The van der Waals surface area contributed by atoms with Gasteiger partial charge in [-0.3, -0.25) is 4.98 Å². The molecule has 0 saturated heterocycles. The molecule has 0 unspecified atom stereocenters. The lowest BCUT2D eigenvalue weighted by Gasteiger charge is -2.31. The molecule has 3 rings (SSSR count). The fraction of sp³-hybridized carbons (Fsp3) is 0.438. The Morgan fingerprint density at radius 2 is 2.08 bits per heavy atom. The van der Waals surface area contributed by atoms with E-state index in [1.54, 1.807) is 6.92 Å². The second kappa shape index (κ2) is 6.76. The normalized spacial score (nSPS) is 14.6. The first-order valence-corrected chi connectivity index (χ1v) is 7.99. The van der Waals surface area contributed by atoms with E-state index in [1.807, 2.05) is 4.90 Å². The zero-order chi connectivity index (χ0) is 18.2. The Hall–Kier alpha value is -1.93. The molecule has 1 aliphatic heterocycles. The highest BCUT2D eigenvalue weighted by molar-refractivity contribution is 6.30. The van der Waals surface area contributed by atoms with Gasteiger partial charge in [-0.1, -0.05) is 11.6 Å². The summed E-state index contributed by atoms with van der Waals surface area (Å²) in [6.07, 6.45) is -2.99. The highest BCUT2D eigenvalue weighted by atomic mass is 35.5. The average Bonchev–Trinajstić information content (AvgIpc) is 2.56. The van der Waals surface area contributed by atoms with Gasteiger partial charge in [0.15, 0.2) is 5.82 Å². The van der Waals surface area contributed by atoms with E-state index in [0.29, 0.717) is 46.6 Å². The van der Waals surface area contributed by atoms with Crippen molar-refractivity contribution in [1.29, 1.82) is 0 Å². The SMILES string of the molecule is COCc1nc(Cl)c(C)c(N2CCc3ncc(C(F)(F)F)cc3C2)n1. The van der Waals surface area contributed by atoms with Crippen molar-refractivity contribution in [1.82, 2.24) is 15.0 Å². The van der Waals surface area contributed by atoms with E-state index in [0.717, 1.165) is 12.3 Å². The number of fused-ring (bicyclic) bond motifs is 1. The van der Waals surface area contributed by atoms with Crippen molar-refractivity contribution in [2.75, 3.05) is 18.6 Å². The molecular weight excluding hydrogens is 357 g/mol. The lowest BCUT2D eigenvalue weighted by molar-refractivity contribution is -0.137. The molecule has 134 valence electrons. The van der Waals surface area contributed by atoms with Gasteiger partial charge in [-0.15, -0.1) is 0 Å². The zero-order valence-electron chi connectivity index (χ0n) is 13.7. The lowest BCUT2D eigenvalue weighted by Crippen LogP contribution is -2.33. The lowest BCUT2D eigenvalue weighted by atomic mass is 10.0. The van der Waals surface area contributed by atoms with Gasteiger partial charge in [0.05, 0.1) is 5.56 Å². The van der Waals surface area contributed by atoms with Gasteiger partial charge >= 0.3 is 6.18 Å². The van der Waals surface area contributed by atoms with Gasteiger partial charge < -0.3 is 9.64 Å². The number of methoxy groups -OCH3 is 1. The van der Waals surface area contributed by atoms with Crippen LogP contribution in [0.2, 0.25) is 5.15 Å². The molecule has 2 aromatic heterocycles. The highest BCUT2D eigenvalue weighted by Gasteiger charge is 2.32. The maximum Gasteiger partial charge on any atom is 0.417 e. The summed E-state index contributed by atoms with van der Waals surface area (Å²) in [5.74, 6) is 1.04. The monoisotopic (exact) mass is 372 g/mol. The zero-order valence-corrected chi connectivity index (χ0v) is 14.4. The maximum absolute atomic E-state index is 12.9. The fourth-order valence-electron chi connectivity index (χ4n) is 2.78. The Morgan fingerprint density at radius 3 is 2.76 bits per heavy atom.